The molecule has 0 radical (unpaired) electrons. The van der Waals surface area contributed by atoms with Crippen molar-refractivity contribution >= 4 is 11.5 Å². The van der Waals surface area contributed by atoms with Crippen molar-refractivity contribution in [3.8, 4) is 0 Å². The van der Waals surface area contributed by atoms with Crippen LogP contribution in [0.15, 0.2) is 24.5 Å². The van der Waals surface area contributed by atoms with Crippen molar-refractivity contribution in [3.63, 3.8) is 0 Å². The van der Waals surface area contributed by atoms with Crippen molar-refractivity contribution in [1.29, 1.82) is 0 Å². The second kappa shape index (κ2) is 4.00. The van der Waals surface area contributed by atoms with E-state index in [9.17, 15) is 0 Å². The number of pyridine rings is 1. The average molecular weight is 203 g/mol. The summed E-state index contributed by atoms with van der Waals surface area (Å²) in [4.78, 5) is 4.17. The molecule has 78 valence electrons. The molecular formula is C10H13N5. The summed E-state index contributed by atoms with van der Waals surface area (Å²) in [6.45, 7) is 2.63. The van der Waals surface area contributed by atoms with E-state index in [2.05, 4.69) is 20.5 Å². The van der Waals surface area contributed by atoms with Gasteiger partial charge < -0.3 is 11.1 Å². The molecule has 0 atom stereocenters. The Bertz CT molecular complexity index is 435. The van der Waals surface area contributed by atoms with E-state index in [0.717, 1.165) is 17.1 Å². The molecule has 0 aliphatic rings. The van der Waals surface area contributed by atoms with Crippen LogP contribution in [0, 0.1) is 6.92 Å². The van der Waals surface area contributed by atoms with Gasteiger partial charge in [-0.2, -0.15) is 5.10 Å². The highest BCUT2D eigenvalue weighted by Gasteiger charge is 1.98. The van der Waals surface area contributed by atoms with Gasteiger partial charge in [-0.05, 0) is 24.6 Å². The summed E-state index contributed by atoms with van der Waals surface area (Å²) in [5, 5.41) is 9.91. The van der Waals surface area contributed by atoms with Gasteiger partial charge in [-0.25, -0.2) is 4.98 Å². The summed E-state index contributed by atoms with van der Waals surface area (Å²) >= 11 is 0. The molecule has 2 heterocycles. The zero-order valence-electron chi connectivity index (χ0n) is 8.49. The minimum atomic E-state index is 0.677. The highest BCUT2D eigenvalue weighted by atomic mass is 15.1. The Hall–Kier alpha value is -2.04. The molecule has 0 saturated heterocycles. The monoisotopic (exact) mass is 203 g/mol. The lowest BCUT2D eigenvalue weighted by Crippen LogP contribution is -2.03. The minimum Gasteiger partial charge on any atom is -0.397 e. The topological polar surface area (TPSA) is 79.6 Å². The second-order valence-electron chi connectivity index (χ2n) is 3.36. The Labute approximate surface area is 87.7 Å². The van der Waals surface area contributed by atoms with Crippen LogP contribution in [-0.2, 0) is 6.54 Å². The van der Waals surface area contributed by atoms with E-state index in [-0.39, 0.29) is 0 Å². The first-order valence-electron chi connectivity index (χ1n) is 4.70. The predicted octanol–water partition coefficient (Wildman–Crippen LogP) is 1.31. The van der Waals surface area contributed by atoms with E-state index in [1.165, 1.54) is 0 Å². The summed E-state index contributed by atoms with van der Waals surface area (Å²) in [6.07, 6.45) is 3.38. The molecule has 0 aliphatic heterocycles. The fourth-order valence-electron chi connectivity index (χ4n) is 1.23. The van der Waals surface area contributed by atoms with Gasteiger partial charge in [0.25, 0.3) is 0 Å². The van der Waals surface area contributed by atoms with E-state index in [1.54, 1.807) is 12.4 Å². The number of nitrogens with two attached hydrogens (primary N) is 1. The summed E-state index contributed by atoms with van der Waals surface area (Å²) < 4.78 is 0. The van der Waals surface area contributed by atoms with E-state index in [0.29, 0.717) is 12.2 Å². The molecule has 0 aliphatic carbocycles. The van der Waals surface area contributed by atoms with Crippen molar-refractivity contribution < 1.29 is 0 Å². The van der Waals surface area contributed by atoms with Crippen molar-refractivity contribution in [2.24, 2.45) is 0 Å². The highest BCUT2D eigenvalue weighted by Crippen LogP contribution is 2.13. The molecule has 0 spiro atoms. The van der Waals surface area contributed by atoms with Gasteiger partial charge in [0.2, 0.25) is 0 Å². The molecule has 5 heteroatoms. The van der Waals surface area contributed by atoms with Gasteiger partial charge in [0.05, 0.1) is 24.1 Å². The minimum absolute atomic E-state index is 0.677. The number of nitrogens with zero attached hydrogens (tertiary/aromatic N) is 2. The molecule has 0 saturated carbocycles. The van der Waals surface area contributed by atoms with Crippen LogP contribution >= 0.6 is 0 Å². The number of hydrogen-bond acceptors (Lipinski definition) is 4. The Kier molecular flexibility index (Phi) is 2.53. The fraction of sp³-hybridized carbons (Fsp3) is 0.200. The molecule has 2 rings (SSSR count). The first kappa shape index (κ1) is 9.51. The fourth-order valence-corrected chi connectivity index (χ4v) is 1.23. The Morgan fingerprint density at radius 1 is 1.53 bits per heavy atom. The van der Waals surface area contributed by atoms with Crippen LogP contribution in [0.1, 0.15) is 11.3 Å². The molecule has 4 N–H and O–H groups in total. The Morgan fingerprint density at radius 3 is 3.07 bits per heavy atom. The number of H-pyrrole nitrogens is 1. The summed E-state index contributed by atoms with van der Waals surface area (Å²) in [6, 6.07) is 3.84. The first-order chi connectivity index (χ1) is 7.25. The van der Waals surface area contributed by atoms with Crippen LogP contribution in [0.3, 0.4) is 0 Å². The summed E-state index contributed by atoms with van der Waals surface area (Å²) in [5.41, 5.74) is 8.43. The van der Waals surface area contributed by atoms with E-state index in [1.807, 2.05) is 19.1 Å². The molecule has 0 aromatic carbocycles. The number of nitrogens with one attached hydrogen (secondary N) is 2. The standard InChI is InChI=1S/C10H13N5/c1-7-4-10(13-6-9(7)11)12-5-8-2-3-14-15-8/h2-4,6H,5,11H2,1H3,(H,12,13)(H,14,15). The third-order valence-corrected chi connectivity index (χ3v) is 2.17. The van der Waals surface area contributed by atoms with Gasteiger partial charge >= 0.3 is 0 Å². The molecule has 15 heavy (non-hydrogen) atoms. The van der Waals surface area contributed by atoms with Crippen LogP contribution in [-0.4, -0.2) is 15.2 Å². The van der Waals surface area contributed by atoms with Crippen LogP contribution in [0.5, 0.6) is 0 Å². The van der Waals surface area contributed by atoms with Crippen molar-refractivity contribution in [2.75, 3.05) is 11.1 Å². The molecule has 5 nitrogen and oxygen atoms in total. The number of aromatic amines is 1. The van der Waals surface area contributed by atoms with Crippen LogP contribution in [0.4, 0.5) is 11.5 Å². The number of rotatable bonds is 3. The maximum atomic E-state index is 5.67. The Balaban J connectivity index is 2.02. The molecule has 2 aromatic heterocycles. The van der Waals surface area contributed by atoms with Gasteiger partial charge in [-0.3, -0.25) is 5.10 Å². The summed E-state index contributed by atoms with van der Waals surface area (Å²) in [7, 11) is 0. The zero-order valence-corrected chi connectivity index (χ0v) is 8.49. The van der Waals surface area contributed by atoms with Gasteiger partial charge in [0, 0.05) is 6.20 Å². The number of aryl methyl sites for hydroxylation is 1. The van der Waals surface area contributed by atoms with Gasteiger partial charge in [-0.1, -0.05) is 0 Å². The number of hydrogen-bond donors (Lipinski definition) is 3. The lowest BCUT2D eigenvalue weighted by Gasteiger charge is -2.05. The largest absolute Gasteiger partial charge is 0.397 e. The van der Waals surface area contributed by atoms with Crippen LogP contribution < -0.4 is 11.1 Å². The molecule has 0 fully saturated rings. The van der Waals surface area contributed by atoms with Crippen LogP contribution in [0.25, 0.3) is 0 Å². The van der Waals surface area contributed by atoms with Crippen LogP contribution in [0.2, 0.25) is 0 Å². The number of anilines is 2. The number of aromatic nitrogens is 3. The normalized spacial score (nSPS) is 10.2. The third kappa shape index (κ3) is 2.25. The van der Waals surface area contributed by atoms with Crippen molar-refractivity contribution in [1.82, 2.24) is 15.2 Å². The SMILES string of the molecule is Cc1cc(NCc2ccn[nH]2)ncc1N. The molecule has 0 bridgehead atoms. The van der Waals surface area contributed by atoms with Gasteiger partial charge in [-0.15, -0.1) is 0 Å². The van der Waals surface area contributed by atoms with E-state index < -0.39 is 0 Å². The molecule has 2 aromatic rings. The van der Waals surface area contributed by atoms with Crippen molar-refractivity contribution in [2.45, 2.75) is 13.5 Å². The second-order valence-corrected chi connectivity index (χ2v) is 3.36. The van der Waals surface area contributed by atoms with Gasteiger partial charge in [0.15, 0.2) is 0 Å². The first-order valence-corrected chi connectivity index (χ1v) is 4.70. The van der Waals surface area contributed by atoms with Gasteiger partial charge in [0.1, 0.15) is 5.82 Å². The lowest BCUT2D eigenvalue weighted by molar-refractivity contribution is 0.974. The highest BCUT2D eigenvalue weighted by molar-refractivity contribution is 5.50. The quantitative estimate of drug-likeness (QED) is 0.702. The predicted molar refractivity (Wildman–Crippen MR) is 59.3 cm³/mol. The molecule has 0 amide bonds. The maximum Gasteiger partial charge on any atom is 0.126 e. The molecular weight excluding hydrogens is 190 g/mol. The Morgan fingerprint density at radius 2 is 2.40 bits per heavy atom. The summed E-state index contributed by atoms with van der Waals surface area (Å²) in [5.74, 6) is 0.816. The lowest BCUT2D eigenvalue weighted by atomic mass is 10.2. The van der Waals surface area contributed by atoms with Crippen molar-refractivity contribution in [3.05, 3.63) is 35.8 Å². The number of nitrogen functional groups attached to an aromatic ring is 1. The van der Waals surface area contributed by atoms with E-state index >= 15 is 0 Å². The average Bonchev–Trinajstić information content (AvgIpc) is 2.73. The third-order valence-electron chi connectivity index (χ3n) is 2.17. The maximum absolute atomic E-state index is 5.67. The zero-order chi connectivity index (χ0) is 10.7. The van der Waals surface area contributed by atoms with E-state index in [4.69, 9.17) is 5.73 Å². The smallest absolute Gasteiger partial charge is 0.126 e. The molecule has 0 unspecified atom stereocenters.